The van der Waals surface area contributed by atoms with Crippen LogP contribution in [0.3, 0.4) is 0 Å². The van der Waals surface area contributed by atoms with Crippen LogP contribution in [0.25, 0.3) is 0 Å². The zero-order valence-electron chi connectivity index (χ0n) is 11.0. The van der Waals surface area contributed by atoms with Crippen LogP contribution in [0, 0.1) is 5.92 Å². The SMILES string of the molecule is c1ccc2c(c1)OCC2NCC1CCCCCC1. The monoisotopic (exact) mass is 245 g/mol. The molecular weight excluding hydrogens is 222 g/mol. The van der Waals surface area contributed by atoms with Crippen molar-refractivity contribution in [2.45, 2.75) is 44.6 Å². The molecule has 1 aliphatic heterocycles. The zero-order valence-corrected chi connectivity index (χ0v) is 11.0. The highest BCUT2D eigenvalue weighted by Gasteiger charge is 2.24. The molecule has 1 N–H and O–H groups in total. The van der Waals surface area contributed by atoms with Gasteiger partial charge in [0.15, 0.2) is 0 Å². The van der Waals surface area contributed by atoms with E-state index in [4.69, 9.17) is 4.74 Å². The Bertz CT molecular complexity index is 382. The molecule has 1 aliphatic carbocycles. The molecule has 1 aromatic rings. The summed E-state index contributed by atoms with van der Waals surface area (Å²) in [5.74, 6) is 1.94. The molecule has 1 saturated carbocycles. The molecule has 18 heavy (non-hydrogen) atoms. The van der Waals surface area contributed by atoms with Crippen LogP contribution in [0.5, 0.6) is 5.75 Å². The van der Waals surface area contributed by atoms with Gasteiger partial charge in [-0.15, -0.1) is 0 Å². The van der Waals surface area contributed by atoms with Crippen LogP contribution >= 0.6 is 0 Å². The van der Waals surface area contributed by atoms with Gasteiger partial charge in [0.25, 0.3) is 0 Å². The van der Waals surface area contributed by atoms with Gasteiger partial charge in [0, 0.05) is 5.56 Å². The van der Waals surface area contributed by atoms with Gasteiger partial charge in [-0.25, -0.2) is 0 Å². The average molecular weight is 245 g/mol. The smallest absolute Gasteiger partial charge is 0.124 e. The molecule has 0 radical (unpaired) electrons. The number of hydrogen-bond acceptors (Lipinski definition) is 2. The van der Waals surface area contributed by atoms with E-state index in [2.05, 4.69) is 23.5 Å². The molecular formula is C16H23NO. The summed E-state index contributed by atoms with van der Waals surface area (Å²) in [5.41, 5.74) is 1.34. The maximum absolute atomic E-state index is 5.71. The molecule has 1 atom stereocenters. The lowest BCUT2D eigenvalue weighted by molar-refractivity contribution is 0.298. The summed E-state index contributed by atoms with van der Waals surface area (Å²) in [5, 5.41) is 3.71. The molecule has 98 valence electrons. The molecule has 1 heterocycles. The molecule has 0 bridgehead atoms. The Morgan fingerprint density at radius 2 is 1.83 bits per heavy atom. The summed E-state index contributed by atoms with van der Waals surface area (Å²) < 4.78 is 5.71. The van der Waals surface area contributed by atoms with Crippen LogP contribution < -0.4 is 10.1 Å². The van der Waals surface area contributed by atoms with Gasteiger partial charge in [0.2, 0.25) is 0 Å². The van der Waals surface area contributed by atoms with Crippen molar-refractivity contribution < 1.29 is 4.74 Å². The zero-order chi connectivity index (χ0) is 12.2. The minimum absolute atomic E-state index is 0.407. The van der Waals surface area contributed by atoms with E-state index in [0.717, 1.165) is 24.8 Å². The quantitative estimate of drug-likeness (QED) is 0.820. The minimum atomic E-state index is 0.407. The third-order valence-corrected chi connectivity index (χ3v) is 4.33. The summed E-state index contributed by atoms with van der Waals surface area (Å²) >= 11 is 0. The summed E-state index contributed by atoms with van der Waals surface area (Å²) in [4.78, 5) is 0. The number of fused-ring (bicyclic) bond motifs is 1. The van der Waals surface area contributed by atoms with Crippen molar-refractivity contribution in [3.63, 3.8) is 0 Å². The molecule has 2 heteroatoms. The van der Waals surface area contributed by atoms with Crippen molar-refractivity contribution in [1.29, 1.82) is 0 Å². The lowest BCUT2D eigenvalue weighted by atomic mass is 9.99. The van der Waals surface area contributed by atoms with E-state index in [1.807, 2.05) is 6.07 Å². The fraction of sp³-hybridized carbons (Fsp3) is 0.625. The minimum Gasteiger partial charge on any atom is -0.491 e. The molecule has 0 aromatic heterocycles. The van der Waals surface area contributed by atoms with Crippen LogP contribution in [0.2, 0.25) is 0 Å². The van der Waals surface area contributed by atoms with E-state index in [-0.39, 0.29) is 0 Å². The second-order valence-corrected chi connectivity index (χ2v) is 5.67. The van der Waals surface area contributed by atoms with E-state index < -0.39 is 0 Å². The molecule has 0 amide bonds. The number of rotatable bonds is 3. The van der Waals surface area contributed by atoms with Gasteiger partial charge in [-0.1, -0.05) is 43.9 Å². The summed E-state index contributed by atoms with van der Waals surface area (Å²) in [6.07, 6.45) is 8.52. The van der Waals surface area contributed by atoms with E-state index in [1.54, 1.807) is 0 Å². The van der Waals surface area contributed by atoms with Gasteiger partial charge >= 0.3 is 0 Å². The van der Waals surface area contributed by atoms with Crippen molar-refractivity contribution >= 4 is 0 Å². The summed E-state index contributed by atoms with van der Waals surface area (Å²) in [6, 6.07) is 8.82. The maximum Gasteiger partial charge on any atom is 0.124 e. The predicted molar refractivity (Wildman–Crippen MR) is 73.9 cm³/mol. The maximum atomic E-state index is 5.71. The lowest BCUT2D eigenvalue weighted by Gasteiger charge is -2.18. The molecule has 1 unspecified atom stereocenters. The van der Waals surface area contributed by atoms with E-state index in [1.165, 1.54) is 44.1 Å². The standard InChI is InChI=1S/C16H23NO/c1-2-4-8-13(7-3-1)11-17-15-12-18-16-10-6-5-9-14(15)16/h5-6,9-10,13,15,17H,1-4,7-8,11-12H2. The number of para-hydroxylation sites is 1. The van der Waals surface area contributed by atoms with Crippen LogP contribution in [0.15, 0.2) is 24.3 Å². The number of hydrogen-bond donors (Lipinski definition) is 1. The van der Waals surface area contributed by atoms with Gasteiger partial charge in [0.05, 0.1) is 6.04 Å². The average Bonchev–Trinajstić information content (AvgIpc) is 2.64. The van der Waals surface area contributed by atoms with Gasteiger partial charge in [-0.2, -0.15) is 0 Å². The van der Waals surface area contributed by atoms with Crippen molar-refractivity contribution in [3.05, 3.63) is 29.8 Å². The van der Waals surface area contributed by atoms with Crippen molar-refractivity contribution in [3.8, 4) is 5.75 Å². The molecule has 2 aliphatic rings. The number of ether oxygens (including phenoxy) is 1. The van der Waals surface area contributed by atoms with E-state index >= 15 is 0 Å². The van der Waals surface area contributed by atoms with Crippen LogP contribution in [0.1, 0.15) is 50.1 Å². The number of benzene rings is 1. The van der Waals surface area contributed by atoms with Gasteiger partial charge in [0.1, 0.15) is 12.4 Å². The summed E-state index contributed by atoms with van der Waals surface area (Å²) in [6.45, 7) is 1.95. The highest BCUT2D eigenvalue weighted by atomic mass is 16.5. The first kappa shape index (κ1) is 12.0. The van der Waals surface area contributed by atoms with Crippen LogP contribution in [-0.4, -0.2) is 13.2 Å². The second kappa shape index (κ2) is 5.75. The van der Waals surface area contributed by atoms with Crippen molar-refractivity contribution in [1.82, 2.24) is 5.32 Å². The van der Waals surface area contributed by atoms with E-state index in [9.17, 15) is 0 Å². The third-order valence-electron chi connectivity index (χ3n) is 4.33. The lowest BCUT2D eigenvalue weighted by Crippen LogP contribution is -2.28. The van der Waals surface area contributed by atoms with Gasteiger partial charge in [-0.05, 0) is 31.4 Å². The fourth-order valence-corrected chi connectivity index (χ4v) is 3.21. The van der Waals surface area contributed by atoms with E-state index in [0.29, 0.717) is 6.04 Å². The Morgan fingerprint density at radius 1 is 1.06 bits per heavy atom. The molecule has 0 spiro atoms. The first-order valence-corrected chi connectivity index (χ1v) is 7.38. The molecule has 1 fully saturated rings. The summed E-state index contributed by atoms with van der Waals surface area (Å²) in [7, 11) is 0. The Balaban J connectivity index is 1.55. The topological polar surface area (TPSA) is 21.3 Å². The first-order valence-electron chi connectivity index (χ1n) is 7.38. The van der Waals surface area contributed by atoms with Crippen molar-refractivity contribution in [2.24, 2.45) is 5.92 Å². The highest BCUT2D eigenvalue weighted by Crippen LogP contribution is 2.32. The van der Waals surface area contributed by atoms with Crippen molar-refractivity contribution in [2.75, 3.05) is 13.2 Å². The van der Waals surface area contributed by atoms with Gasteiger partial charge < -0.3 is 10.1 Å². The molecule has 2 nitrogen and oxygen atoms in total. The first-order chi connectivity index (χ1) is 8.93. The normalized spacial score (nSPS) is 24.3. The Labute approximate surface area is 110 Å². The highest BCUT2D eigenvalue weighted by molar-refractivity contribution is 5.39. The second-order valence-electron chi connectivity index (χ2n) is 5.67. The molecule has 1 aromatic carbocycles. The molecule has 0 saturated heterocycles. The number of nitrogens with one attached hydrogen (secondary N) is 1. The largest absolute Gasteiger partial charge is 0.491 e. The Kier molecular flexibility index (Phi) is 3.84. The van der Waals surface area contributed by atoms with Crippen LogP contribution in [-0.2, 0) is 0 Å². The Morgan fingerprint density at radius 3 is 2.67 bits per heavy atom. The third kappa shape index (κ3) is 2.69. The predicted octanol–water partition coefficient (Wildman–Crippen LogP) is 3.68. The Hall–Kier alpha value is -1.02. The van der Waals surface area contributed by atoms with Gasteiger partial charge in [-0.3, -0.25) is 0 Å². The fourth-order valence-electron chi connectivity index (χ4n) is 3.21. The molecule has 3 rings (SSSR count). The van der Waals surface area contributed by atoms with Crippen LogP contribution in [0.4, 0.5) is 0 Å².